The Morgan fingerprint density at radius 3 is 1.72 bits per heavy atom. The zero-order valence-electron chi connectivity index (χ0n) is 37.3. The fraction of sp³-hybridized carbons (Fsp3) is 0.100. The molecule has 0 aliphatic heterocycles. The molecule has 0 radical (unpaired) electrons. The summed E-state index contributed by atoms with van der Waals surface area (Å²) in [5.41, 5.74) is 12.1. The van der Waals surface area contributed by atoms with E-state index in [1.54, 1.807) is 0 Å². The SMILES string of the molecule is CC(C)c1cccc(C(C)C)c1-c1ccnc(-n2c3ccccc3c3ccc([Si](c4ccccc4)(c4ccccc4)c4cccc(-n5c[n+](-c6ccccc6)c6ccccc65)c4)cc32)c1. The number of hydrogen-bond donors (Lipinski definition) is 0. The van der Waals surface area contributed by atoms with Gasteiger partial charge in [0.2, 0.25) is 0 Å². The van der Waals surface area contributed by atoms with Gasteiger partial charge in [0.15, 0.2) is 19.1 Å². The highest BCUT2D eigenvalue weighted by Gasteiger charge is 2.42. The van der Waals surface area contributed by atoms with Gasteiger partial charge in [0.1, 0.15) is 17.2 Å². The van der Waals surface area contributed by atoms with Crippen LogP contribution in [0.4, 0.5) is 0 Å². The molecule has 3 heterocycles. The second-order valence-corrected chi connectivity index (χ2v) is 21.6. The number of aromatic nitrogens is 4. The minimum atomic E-state index is -3.04. The minimum Gasteiger partial charge on any atom is -0.294 e. The van der Waals surface area contributed by atoms with E-state index in [1.807, 2.05) is 6.20 Å². The Morgan fingerprint density at radius 2 is 1.03 bits per heavy atom. The first kappa shape index (κ1) is 40.2. The maximum absolute atomic E-state index is 5.19. The van der Waals surface area contributed by atoms with Crippen LogP contribution in [-0.4, -0.2) is 22.2 Å². The van der Waals surface area contributed by atoms with Crippen molar-refractivity contribution in [2.24, 2.45) is 0 Å². The average Bonchev–Trinajstić information content (AvgIpc) is 3.91. The van der Waals surface area contributed by atoms with E-state index in [9.17, 15) is 0 Å². The van der Waals surface area contributed by atoms with Crippen LogP contribution in [0.3, 0.4) is 0 Å². The molecule has 0 saturated carbocycles. The van der Waals surface area contributed by atoms with E-state index in [4.69, 9.17) is 4.98 Å². The molecule has 8 aromatic carbocycles. The molecule has 5 heteroatoms. The molecule has 0 saturated heterocycles. The molecule has 0 atom stereocenters. The van der Waals surface area contributed by atoms with E-state index in [0.717, 1.165) is 39.3 Å². The van der Waals surface area contributed by atoms with Crippen molar-refractivity contribution in [1.29, 1.82) is 0 Å². The standard InChI is InChI=1S/C60H51N4Si/c1-42(2)51-29-19-30-52(43(3)4)60(51)44-36-37-61-59(38-44)64-55-31-15-14-28-53(55)54-35-34-50(40-58(54)64)65(47-23-10-6-11-24-47,48-25-12-7-13-26-48)49-27-18-22-46(39-49)63-41-62(45-20-8-5-9-21-45)56-32-16-17-33-57(56)63/h5-43H,1-4H3/q+1. The van der Waals surface area contributed by atoms with Crippen LogP contribution in [0.5, 0.6) is 0 Å². The van der Waals surface area contributed by atoms with E-state index in [-0.39, 0.29) is 0 Å². The fourth-order valence-corrected chi connectivity index (χ4v) is 15.2. The van der Waals surface area contributed by atoms with Crippen LogP contribution < -0.4 is 25.3 Å². The van der Waals surface area contributed by atoms with Crippen molar-refractivity contribution in [2.45, 2.75) is 39.5 Å². The first-order valence-corrected chi connectivity index (χ1v) is 24.8. The van der Waals surface area contributed by atoms with Crippen LogP contribution in [-0.2, 0) is 0 Å². The predicted molar refractivity (Wildman–Crippen MR) is 274 cm³/mol. The first-order chi connectivity index (χ1) is 31.9. The summed E-state index contributed by atoms with van der Waals surface area (Å²) >= 11 is 0. The molecule has 11 aromatic rings. The highest BCUT2D eigenvalue weighted by molar-refractivity contribution is 7.20. The highest BCUT2D eigenvalue weighted by atomic mass is 28.3. The number of rotatable bonds is 10. The van der Waals surface area contributed by atoms with Crippen molar-refractivity contribution in [3.8, 4) is 28.3 Å². The monoisotopic (exact) mass is 855 g/mol. The molecule has 11 rings (SSSR count). The lowest BCUT2D eigenvalue weighted by molar-refractivity contribution is -0.567. The van der Waals surface area contributed by atoms with Gasteiger partial charge in [-0.3, -0.25) is 4.57 Å². The second kappa shape index (κ2) is 16.5. The maximum atomic E-state index is 5.19. The molecule has 0 N–H and O–H groups in total. The zero-order valence-corrected chi connectivity index (χ0v) is 38.3. The van der Waals surface area contributed by atoms with E-state index in [2.05, 4.69) is 260 Å². The molecule has 0 spiro atoms. The molecule has 0 fully saturated rings. The molecule has 0 bridgehead atoms. The normalized spacial score (nSPS) is 12.0. The summed E-state index contributed by atoms with van der Waals surface area (Å²) in [5, 5.41) is 7.70. The topological polar surface area (TPSA) is 26.6 Å². The summed E-state index contributed by atoms with van der Waals surface area (Å²) in [6, 6.07) is 78.6. The van der Waals surface area contributed by atoms with E-state index >= 15 is 0 Å². The van der Waals surface area contributed by atoms with Gasteiger partial charge in [-0.25, -0.2) is 4.98 Å². The Kier molecular flexibility index (Phi) is 10.2. The molecule has 3 aromatic heterocycles. The highest BCUT2D eigenvalue weighted by Crippen LogP contribution is 2.38. The Hall–Kier alpha value is -7.60. The fourth-order valence-electron chi connectivity index (χ4n) is 10.4. The third-order valence-corrected chi connectivity index (χ3v) is 18.1. The average molecular weight is 856 g/mol. The van der Waals surface area contributed by atoms with Gasteiger partial charge >= 0.3 is 0 Å². The predicted octanol–water partition coefficient (Wildman–Crippen LogP) is 11.7. The van der Waals surface area contributed by atoms with Crippen molar-refractivity contribution >= 4 is 61.7 Å². The number of pyridine rings is 1. The van der Waals surface area contributed by atoms with Gasteiger partial charge in [0.25, 0.3) is 6.33 Å². The third-order valence-electron chi connectivity index (χ3n) is 13.4. The smallest absolute Gasteiger partial charge is 0.255 e. The quantitative estimate of drug-likeness (QED) is 0.0765. The van der Waals surface area contributed by atoms with Crippen molar-refractivity contribution < 1.29 is 4.57 Å². The van der Waals surface area contributed by atoms with Crippen LogP contribution in [0.25, 0.3) is 61.2 Å². The van der Waals surface area contributed by atoms with Gasteiger partial charge in [-0.05, 0) is 116 Å². The lowest BCUT2D eigenvalue weighted by Crippen LogP contribution is -2.74. The number of hydrogen-bond acceptors (Lipinski definition) is 1. The summed E-state index contributed by atoms with van der Waals surface area (Å²) in [6.45, 7) is 9.19. The summed E-state index contributed by atoms with van der Waals surface area (Å²) in [6.07, 6.45) is 4.24. The van der Waals surface area contributed by atoms with Crippen molar-refractivity contribution in [3.63, 3.8) is 0 Å². The van der Waals surface area contributed by atoms with Crippen molar-refractivity contribution in [3.05, 3.63) is 236 Å². The van der Waals surface area contributed by atoms with Crippen LogP contribution in [0.15, 0.2) is 225 Å². The summed E-state index contributed by atoms with van der Waals surface area (Å²) in [7, 11) is -3.04. The van der Waals surface area contributed by atoms with Crippen LogP contribution >= 0.6 is 0 Å². The molecular weight excluding hydrogens is 805 g/mol. The Balaban J connectivity index is 1.18. The Bertz CT molecular complexity index is 3430. The van der Waals surface area contributed by atoms with Crippen LogP contribution in [0.1, 0.15) is 50.7 Å². The van der Waals surface area contributed by atoms with Gasteiger partial charge in [-0.1, -0.05) is 179 Å². The summed E-state index contributed by atoms with van der Waals surface area (Å²) in [5.74, 6) is 1.67. The lowest BCUT2D eigenvalue weighted by atomic mass is 9.85. The Morgan fingerprint density at radius 1 is 0.462 bits per heavy atom. The maximum Gasteiger partial charge on any atom is 0.255 e. The molecule has 0 amide bonds. The summed E-state index contributed by atoms with van der Waals surface area (Å²) < 4.78 is 7.05. The molecule has 0 unspecified atom stereocenters. The molecule has 0 aliphatic rings. The van der Waals surface area contributed by atoms with Gasteiger partial charge in [0.05, 0.1) is 11.0 Å². The number of para-hydroxylation sites is 4. The summed E-state index contributed by atoms with van der Waals surface area (Å²) in [4.78, 5) is 5.19. The number of nitrogens with zero attached hydrogens (tertiary/aromatic N) is 4. The molecular formula is C60H51N4Si+. The minimum absolute atomic E-state index is 0.379. The zero-order chi connectivity index (χ0) is 44.1. The largest absolute Gasteiger partial charge is 0.294 e. The van der Waals surface area contributed by atoms with Crippen molar-refractivity contribution in [1.82, 2.24) is 14.1 Å². The van der Waals surface area contributed by atoms with Gasteiger partial charge < -0.3 is 0 Å². The van der Waals surface area contributed by atoms with Gasteiger partial charge in [0, 0.05) is 17.0 Å². The van der Waals surface area contributed by atoms with Gasteiger partial charge in [-0.15, -0.1) is 0 Å². The van der Waals surface area contributed by atoms with E-state index in [1.165, 1.54) is 53.8 Å². The van der Waals surface area contributed by atoms with Crippen molar-refractivity contribution in [2.75, 3.05) is 0 Å². The molecule has 314 valence electrons. The number of imidazole rings is 1. The van der Waals surface area contributed by atoms with Crippen LogP contribution in [0.2, 0.25) is 0 Å². The van der Waals surface area contributed by atoms with Gasteiger partial charge in [-0.2, -0.15) is 9.13 Å². The molecule has 4 nitrogen and oxygen atoms in total. The van der Waals surface area contributed by atoms with E-state index < -0.39 is 8.07 Å². The molecule has 65 heavy (non-hydrogen) atoms. The van der Waals surface area contributed by atoms with E-state index in [0.29, 0.717) is 11.8 Å². The first-order valence-electron chi connectivity index (χ1n) is 22.8. The second-order valence-electron chi connectivity index (χ2n) is 17.8. The number of fused-ring (bicyclic) bond motifs is 4. The number of benzene rings is 8. The Labute approximate surface area is 382 Å². The van der Waals surface area contributed by atoms with Crippen LogP contribution in [0, 0.1) is 0 Å². The lowest BCUT2D eigenvalue weighted by Gasteiger charge is -2.34. The third kappa shape index (κ3) is 6.74. The molecule has 0 aliphatic carbocycles.